The van der Waals surface area contributed by atoms with Crippen LogP contribution in [0.15, 0.2) is 41.3 Å². The van der Waals surface area contributed by atoms with Crippen LogP contribution >= 0.6 is 0 Å². The average molecular weight is 390 g/mol. The number of nitrogens with zero attached hydrogens (tertiary/aromatic N) is 5. The number of aryl methyl sites for hydroxylation is 1. The van der Waals surface area contributed by atoms with Crippen LogP contribution in [0, 0.1) is 11.3 Å². The molecule has 1 saturated heterocycles. The number of nitrogens with one attached hydrogen (secondary N) is 1. The number of piperidine rings is 1. The van der Waals surface area contributed by atoms with Gasteiger partial charge < -0.3 is 10.2 Å². The maximum Gasteiger partial charge on any atom is 0.330 e. The number of hydrogen-bond acceptors (Lipinski definition) is 5. The fraction of sp³-hybridized carbons (Fsp3) is 0.409. The predicted molar refractivity (Wildman–Crippen MR) is 114 cm³/mol. The molecule has 2 aromatic heterocycles. The number of likely N-dealkylation sites (N-methyl/N-ethyl adjacent to an activating group) is 1. The molecule has 7 heteroatoms. The lowest BCUT2D eigenvalue weighted by Gasteiger charge is -2.35. The molecule has 1 aliphatic heterocycles. The van der Waals surface area contributed by atoms with Gasteiger partial charge in [-0.25, -0.2) is 9.78 Å². The molecule has 0 aliphatic carbocycles. The number of benzene rings is 1. The van der Waals surface area contributed by atoms with Gasteiger partial charge in [-0.2, -0.15) is 5.26 Å². The van der Waals surface area contributed by atoms with Crippen LogP contribution in [0.25, 0.3) is 11.2 Å². The summed E-state index contributed by atoms with van der Waals surface area (Å²) in [5.41, 5.74) is 3.85. The van der Waals surface area contributed by atoms with E-state index in [0.29, 0.717) is 23.8 Å². The van der Waals surface area contributed by atoms with Gasteiger partial charge in [0.1, 0.15) is 5.52 Å². The molecule has 1 aromatic carbocycles. The monoisotopic (exact) mass is 390 g/mol. The Morgan fingerprint density at radius 3 is 2.93 bits per heavy atom. The van der Waals surface area contributed by atoms with E-state index in [1.54, 1.807) is 28.4 Å². The highest BCUT2D eigenvalue weighted by Gasteiger charge is 2.24. The number of aromatic nitrogens is 3. The molecule has 150 valence electrons. The lowest BCUT2D eigenvalue weighted by Crippen LogP contribution is -2.45. The molecule has 0 unspecified atom stereocenters. The van der Waals surface area contributed by atoms with Crippen LogP contribution in [0.2, 0.25) is 0 Å². The van der Waals surface area contributed by atoms with Gasteiger partial charge >= 0.3 is 5.69 Å². The Morgan fingerprint density at radius 1 is 1.31 bits per heavy atom. The van der Waals surface area contributed by atoms with Gasteiger partial charge in [0.25, 0.3) is 0 Å². The smallest absolute Gasteiger partial charge is 0.330 e. The van der Waals surface area contributed by atoms with E-state index in [1.165, 1.54) is 0 Å². The molecular formula is C22H26N6O. The van der Waals surface area contributed by atoms with Crippen molar-refractivity contribution in [3.05, 3.63) is 58.1 Å². The van der Waals surface area contributed by atoms with E-state index in [9.17, 15) is 10.1 Å². The van der Waals surface area contributed by atoms with Gasteiger partial charge in [-0.15, -0.1) is 0 Å². The molecule has 3 heterocycles. The van der Waals surface area contributed by atoms with Crippen LogP contribution in [0.4, 0.5) is 5.69 Å². The van der Waals surface area contributed by atoms with Gasteiger partial charge in [0.15, 0.2) is 5.65 Å². The number of nitriles is 1. The number of hydrogen-bond donors (Lipinski definition) is 1. The van der Waals surface area contributed by atoms with Crippen molar-refractivity contribution in [3.8, 4) is 6.07 Å². The Balaban J connectivity index is 1.82. The maximum absolute atomic E-state index is 13.1. The molecule has 7 nitrogen and oxygen atoms in total. The number of pyridine rings is 1. The number of anilines is 1. The van der Waals surface area contributed by atoms with Gasteiger partial charge in [-0.05, 0) is 37.1 Å². The van der Waals surface area contributed by atoms with Gasteiger partial charge in [0.05, 0.1) is 23.9 Å². The quantitative estimate of drug-likeness (QED) is 0.723. The molecule has 1 N–H and O–H groups in total. The highest BCUT2D eigenvalue weighted by molar-refractivity contribution is 5.87. The largest absolute Gasteiger partial charge is 0.368 e. The molecule has 0 radical (unpaired) electrons. The topological polar surface area (TPSA) is 78.9 Å². The number of imidazole rings is 1. The number of rotatable bonds is 5. The Morgan fingerprint density at radius 2 is 2.14 bits per heavy atom. The predicted octanol–water partition coefficient (Wildman–Crippen LogP) is 2.23. The molecule has 4 rings (SSSR count). The Kier molecular flexibility index (Phi) is 5.36. The van der Waals surface area contributed by atoms with Gasteiger partial charge in [-0.3, -0.25) is 9.13 Å². The van der Waals surface area contributed by atoms with E-state index >= 15 is 0 Å². The minimum atomic E-state index is -0.118. The molecule has 0 bridgehead atoms. The van der Waals surface area contributed by atoms with Crippen molar-refractivity contribution in [2.45, 2.75) is 32.4 Å². The molecule has 0 saturated carbocycles. The van der Waals surface area contributed by atoms with Crippen molar-refractivity contribution in [1.82, 2.24) is 19.4 Å². The van der Waals surface area contributed by atoms with E-state index in [4.69, 9.17) is 0 Å². The van der Waals surface area contributed by atoms with Gasteiger partial charge in [-0.1, -0.05) is 25.1 Å². The molecule has 3 aromatic rings. The minimum absolute atomic E-state index is 0.118. The molecule has 1 fully saturated rings. The van der Waals surface area contributed by atoms with E-state index in [-0.39, 0.29) is 5.69 Å². The highest BCUT2D eigenvalue weighted by atomic mass is 16.1. The molecular weight excluding hydrogens is 364 g/mol. The van der Waals surface area contributed by atoms with Gasteiger partial charge in [0.2, 0.25) is 0 Å². The summed E-state index contributed by atoms with van der Waals surface area (Å²) in [6, 6.07) is 12.1. The van der Waals surface area contributed by atoms with Crippen LogP contribution < -0.4 is 15.9 Å². The summed E-state index contributed by atoms with van der Waals surface area (Å²) in [4.78, 5) is 19.9. The minimum Gasteiger partial charge on any atom is -0.368 e. The lowest BCUT2D eigenvalue weighted by atomic mass is 10.0. The van der Waals surface area contributed by atoms with E-state index < -0.39 is 0 Å². The Bertz CT molecular complexity index is 1120. The summed E-state index contributed by atoms with van der Waals surface area (Å²) < 4.78 is 3.35. The third-order valence-corrected chi connectivity index (χ3v) is 5.71. The van der Waals surface area contributed by atoms with Crippen molar-refractivity contribution in [2.24, 2.45) is 7.05 Å². The zero-order chi connectivity index (χ0) is 20.4. The highest BCUT2D eigenvalue weighted by Crippen LogP contribution is 2.28. The first-order valence-electron chi connectivity index (χ1n) is 10.1. The first-order chi connectivity index (χ1) is 14.1. The van der Waals surface area contributed by atoms with E-state index in [2.05, 4.69) is 28.2 Å². The number of fused-ring (bicyclic) bond motifs is 1. The van der Waals surface area contributed by atoms with Crippen LogP contribution in [0.3, 0.4) is 0 Å². The average Bonchev–Trinajstić information content (AvgIpc) is 2.99. The molecule has 1 atom stereocenters. The SMILES string of the molecule is CCN[C@@H]1CCCN(c2ccnc3c2n(Cc2ccccc2C#N)c(=O)n3C)C1. The second-order valence-corrected chi connectivity index (χ2v) is 7.54. The van der Waals surface area contributed by atoms with Crippen molar-refractivity contribution >= 4 is 16.9 Å². The molecule has 1 aliphatic rings. The fourth-order valence-electron chi connectivity index (χ4n) is 4.30. The van der Waals surface area contributed by atoms with Crippen LogP contribution in [-0.4, -0.2) is 39.8 Å². The van der Waals surface area contributed by atoms with Crippen molar-refractivity contribution in [3.63, 3.8) is 0 Å². The first kappa shape index (κ1) is 19.2. The summed E-state index contributed by atoms with van der Waals surface area (Å²) in [5, 5.41) is 13.0. The molecule has 0 spiro atoms. The van der Waals surface area contributed by atoms with E-state index in [0.717, 1.165) is 49.2 Å². The maximum atomic E-state index is 13.1. The normalized spacial score (nSPS) is 16.9. The van der Waals surface area contributed by atoms with Crippen molar-refractivity contribution in [2.75, 3.05) is 24.5 Å². The van der Waals surface area contributed by atoms with Crippen molar-refractivity contribution < 1.29 is 0 Å². The first-order valence-corrected chi connectivity index (χ1v) is 10.1. The summed E-state index contributed by atoms with van der Waals surface area (Å²) >= 11 is 0. The molecule has 0 amide bonds. The van der Waals surface area contributed by atoms with E-state index in [1.807, 2.05) is 24.3 Å². The second-order valence-electron chi connectivity index (χ2n) is 7.54. The third kappa shape index (κ3) is 3.52. The lowest BCUT2D eigenvalue weighted by molar-refractivity contribution is 0.431. The van der Waals surface area contributed by atoms with Crippen LogP contribution in [0.1, 0.15) is 30.9 Å². The second kappa shape index (κ2) is 8.10. The standard InChI is InChI=1S/C22H26N6O/c1-3-24-18-9-6-12-27(15-18)19-10-11-25-21-20(19)28(22(29)26(21)2)14-17-8-5-4-7-16(17)13-23/h4-5,7-8,10-11,18,24H,3,6,9,12,14-15H2,1-2H3/t18-/m1/s1. The summed E-state index contributed by atoms with van der Waals surface area (Å²) in [7, 11) is 1.76. The zero-order valence-electron chi connectivity index (χ0n) is 16.9. The summed E-state index contributed by atoms with van der Waals surface area (Å²) in [6.45, 7) is 5.29. The summed E-state index contributed by atoms with van der Waals surface area (Å²) in [6.07, 6.45) is 4.05. The van der Waals surface area contributed by atoms with Gasteiger partial charge in [0, 0.05) is 32.4 Å². The van der Waals surface area contributed by atoms with Crippen molar-refractivity contribution in [1.29, 1.82) is 5.26 Å². The fourth-order valence-corrected chi connectivity index (χ4v) is 4.30. The zero-order valence-corrected chi connectivity index (χ0v) is 16.9. The molecule has 29 heavy (non-hydrogen) atoms. The Hall–Kier alpha value is -3.11. The summed E-state index contributed by atoms with van der Waals surface area (Å²) in [5.74, 6) is 0. The third-order valence-electron chi connectivity index (χ3n) is 5.71. The van der Waals surface area contributed by atoms with Crippen LogP contribution in [0.5, 0.6) is 0 Å². The Labute approximate surface area is 170 Å². The van der Waals surface area contributed by atoms with Crippen LogP contribution in [-0.2, 0) is 13.6 Å².